The third-order valence-electron chi connectivity index (χ3n) is 10.5. The number of hydrogen-bond donors (Lipinski definition) is 4. The molecule has 302 valence electrons. The third-order valence-corrected chi connectivity index (χ3v) is 10.5. The van der Waals surface area contributed by atoms with Gasteiger partial charge < -0.3 is 54.0 Å². The molecule has 2 saturated heterocycles. The van der Waals surface area contributed by atoms with Crippen LogP contribution in [0.2, 0.25) is 0 Å². The number of hydrogen-bond acceptors (Lipinski definition) is 14. The Kier molecular flexibility index (Phi) is 16.1. The molecule has 14 atom stereocenters. The Morgan fingerprint density at radius 2 is 1.63 bits per heavy atom. The smallest absolute Gasteiger partial charge is 0.408 e. The van der Waals surface area contributed by atoms with Crippen LogP contribution < -0.4 is 5.32 Å². The van der Waals surface area contributed by atoms with Crippen LogP contribution in [0, 0.1) is 23.7 Å². The van der Waals surface area contributed by atoms with E-state index in [2.05, 4.69) is 5.32 Å². The predicted octanol–water partition coefficient (Wildman–Crippen LogP) is 2.59. The largest absolute Gasteiger partial charge is 0.460 e. The van der Waals surface area contributed by atoms with Gasteiger partial charge in [0.25, 0.3) is 0 Å². The van der Waals surface area contributed by atoms with E-state index in [-0.39, 0.29) is 30.8 Å². The van der Waals surface area contributed by atoms with Crippen LogP contribution in [0.25, 0.3) is 0 Å². The molecule has 2 aliphatic heterocycles. The Bertz CT molecular complexity index is 1220. The van der Waals surface area contributed by atoms with Crippen LogP contribution in [0.5, 0.6) is 0 Å². The van der Waals surface area contributed by atoms with Crippen LogP contribution in [-0.4, -0.2) is 138 Å². The lowest BCUT2D eigenvalue weighted by molar-refractivity contribution is -0.301. The molecule has 0 aromatic rings. The molecule has 2 unspecified atom stereocenters. The van der Waals surface area contributed by atoms with Gasteiger partial charge in [-0.2, -0.15) is 0 Å². The van der Waals surface area contributed by atoms with Gasteiger partial charge in [0.05, 0.1) is 29.8 Å². The SMILES string of the molecule is CC[C@H]1OC(=O)[C@H](C)[C@@H](OC(=O)CNC(=O)OC(C)(C)C)[C@H](C)[C@@H](OC2O[C@H](C)C[C@H](N(C)C)C2O)[C@@](C)(OC)C[C@@H](C)C(=O)[C@H](C)[C@@H](O)[C@]1(C)O. The molecule has 2 rings (SSSR count). The lowest BCUT2D eigenvalue weighted by atomic mass is 9.74. The number of nitrogens with zero attached hydrogens (tertiary/aromatic N) is 1. The van der Waals surface area contributed by atoms with Gasteiger partial charge in [0.1, 0.15) is 41.8 Å². The van der Waals surface area contributed by atoms with Crippen molar-refractivity contribution in [3.8, 4) is 0 Å². The van der Waals surface area contributed by atoms with E-state index in [1.807, 2.05) is 25.9 Å². The Morgan fingerprint density at radius 3 is 2.15 bits per heavy atom. The van der Waals surface area contributed by atoms with Crippen molar-refractivity contribution in [3.63, 3.8) is 0 Å². The number of aliphatic hydroxyl groups is 3. The van der Waals surface area contributed by atoms with Crippen LogP contribution in [-0.2, 0) is 42.8 Å². The number of amides is 1. The average molecular weight is 747 g/mol. The number of rotatable bonds is 8. The molecule has 0 radical (unpaired) electrons. The highest BCUT2D eigenvalue weighted by molar-refractivity contribution is 5.83. The molecule has 52 heavy (non-hydrogen) atoms. The summed E-state index contributed by atoms with van der Waals surface area (Å²) in [5.74, 6) is -6.05. The summed E-state index contributed by atoms with van der Waals surface area (Å²) in [7, 11) is 5.11. The zero-order chi connectivity index (χ0) is 40.1. The fraction of sp³-hybridized carbons (Fsp3) is 0.892. The zero-order valence-electron chi connectivity index (χ0n) is 33.6. The fourth-order valence-corrected chi connectivity index (χ4v) is 7.43. The van der Waals surface area contributed by atoms with Crippen molar-refractivity contribution >= 4 is 23.8 Å². The summed E-state index contributed by atoms with van der Waals surface area (Å²) in [5.41, 5.74) is -4.20. The molecule has 1 amide bonds. The van der Waals surface area contributed by atoms with E-state index < -0.39 is 102 Å². The lowest BCUT2D eigenvalue weighted by Crippen LogP contribution is -2.60. The first kappa shape index (κ1) is 45.8. The summed E-state index contributed by atoms with van der Waals surface area (Å²) in [4.78, 5) is 55.4. The van der Waals surface area contributed by atoms with Crippen molar-refractivity contribution in [1.82, 2.24) is 10.2 Å². The lowest BCUT2D eigenvalue weighted by Gasteiger charge is -2.48. The molecule has 15 nitrogen and oxygen atoms in total. The molecule has 0 bridgehead atoms. The van der Waals surface area contributed by atoms with Gasteiger partial charge in [-0.3, -0.25) is 14.4 Å². The second-order valence-corrected chi connectivity index (χ2v) is 16.4. The van der Waals surface area contributed by atoms with Gasteiger partial charge in [-0.05, 0) is 81.8 Å². The maximum Gasteiger partial charge on any atom is 0.408 e. The van der Waals surface area contributed by atoms with E-state index in [0.29, 0.717) is 6.42 Å². The second-order valence-electron chi connectivity index (χ2n) is 16.4. The average Bonchev–Trinajstić information content (AvgIpc) is 3.05. The first-order valence-electron chi connectivity index (χ1n) is 18.3. The summed E-state index contributed by atoms with van der Waals surface area (Å²) < 4.78 is 36.0. The first-order chi connectivity index (χ1) is 23.8. The molecule has 4 N–H and O–H groups in total. The van der Waals surface area contributed by atoms with Crippen LogP contribution in [0.15, 0.2) is 0 Å². The molecule has 0 saturated carbocycles. The molecule has 15 heteroatoms. The number of methoxy groups -OCH3 is 1. The van der Waals surface area contributed by atoms with E-state index in [1.54, 1.807) is 48.5 Å². The summed E-state index contributed by atoms with van der Waals surface area (Å²) in [6.07, 6.45) is -8.06. The highest BCUT2D eigenvalue weighted by Gasteiger charge is 2.53. The van der Waals surface area contributed by atoms with Gasteiger partial charge in [0.15, 0.2) is 6.29 Å². The summed E-state index contributed by atoms with van der Waals surface area (Å²) in [5, 5.41) is 36.7. The number of cyclic esters (lactones) is 1. The summed E-state index contributed by atoms with van der Waals surface area (Å²) >= 11 is 0. The molecular formula is C37H66N2O13. The number of carbonyl (C=O) groups is 4. The van der Waals surface area contributed by atoms with Gasteiger partial charge in [-0.15, -0.1) is 0 Å². The van der Waals surface area contributed by atoms with Crippen LogP contribution in [0.3, 0.4) is 0 Å². The highest BCUT2D eigenvalue weighted by atomic mass is 16.7. The van der Waals surface area contributed by atoms with E-state index in [0.717, 1.165) is 0 Å². The highest BCUT2D eigenvalue weighted by Crippen LogP contribution is 2.40. The maximum absolute atomic E-state index is 13.9. The van der Waals surface area contributed by atoms with Gasteiger partial charge in [-0.25, -0.2) is 4.79 Å². The molecule has 0 aliphatic carbocycles. The number of nitrogens with one attached hydrogen (secondary N) is 1. The number of Topliss-reactive ketones (excluding diaryl/α,β-unsaturated/α-hetero) is 1. The van der Waals surface area contributed by atoms with E-state index in [9.17, 15) is 34.5 Å². The van der Waals surface area contributed by atoms with Crippen molar-refractivity contribution < 1.29 is 62.9 Å². The van der Waals surface area contributed by atoms with Crippen molar-refractivity contribution in [2.45, 2.75) is 161 Å². The van der Waals surface area contributed by atoms with Crippen LogP contribution >= 0.6 is 0 Å². The van der Waals surface area contributed by atoms with Crippen LogP contribution in [0.4, 0.5) is 4.79 Å². The minimum atomic E-state index is -2.03. The van der Waals surface area contributed by atoms with Crippen molar-refractivity contribution in [1.29, 1.82) is 0 Å². The molecule has 0 spiro atoms. The van der Waals surface area contributed by atoms with E-state index >= 15 is 0 Å². The summed E-state index contributed by atoms with van der Waals surface area (Å²) in [6.45, 7) is 17.3. The molecule has 0 aromatic heterocycles. The van der Waals surface area contributed by atoms with Gasteiger partial charge in [-0.1, -0.05) is 27.7 Å². The second kappa shape index (κ2) is 18.3. The number of aliphatic hydroxyl groups excluding tert-OH is 2. The minimum absolute atomic E-state index is 0.0307. The Labute approximate surface area is 309 Å². The molecular weight excluding hydrogens is 680 g/mol. The molecule has 0 aromatic carbocycles. The van der Waals surface area contributed by atoms with Gasteiger partial charge >= 0.3 is 18.0 Å². The molecule has 2 aliphatic rings. The standard InChI is InChI=1S/C37H66N2O13/c1-15-25-37(11,46)30(43)21(4)27(41)19(2)17-36(10,47-14)31(51-33-28(42)24(39(12)13)16-20(3)48-33)22(5)29(23(6)32(44)49-25)50-26(40)18-38-34(45)52-35(7,8)9/h19-25,28-31,33,42-43,46H,15-18H2,1-14H3,(H,38,45)/t19-,20-,21+,22+,23-,24+,25-,28?,29+,30-,31-,33?,36+,37-/m1/s1. The molecule has 2 fully saturated rings. The fourth-order valence-electron chi connectivity index (χ4n) is 7.43. The Balaban J connectivity index is 2.73. The first-order valence-corrected chi connectivity index (χ1v) is 18.3. The normalized spacial score (nSPS) is 40.0. The number of alkyl carbamates (subject to hydrolysis) is 1. The van der Waals surface area contributed by atoms with Crippen LogP contribution in [0.1, 0.15) is 95.4 Å². The van der Waals surface area contributed by atoms with Crippen molar-refractivity contribution in [3.05, 3.63) is 0 Å². The Morgan fingerprint density at radius 1 is 1.04 bits per heavy atom. The van der Waals surface area contributed by atoms with Gasteiger partial charge in [0, 0.05) is 30.9 Å². The third kappa shape index (κ3) is 11.3. The topological polar surface area (TPSA) is 200 Å². The summed E-state index contributed by atoms with van der Waals surface area (Å²) in [6, 6.07) is -0.334. The van der Waals surface area contributed by atoms with Crippen molar-refractivity contribution in [2.24, 2.45) is 23.7 Å². The number of esters is 2. The van der Waals surface area contributed by atoms with E-state index in [1.165, 1.54) is 27.9 Å². The monoisotopic (exact) mass is 746 g/mol. The number of carbonyl (C=O) groups excluding carboxylic acids is 4. The zero-order valence-corrected chi connectivity index (χ0v) is 33.6. The number of ether oxygens (including phenoxy) is 6. The van der Waals surface area contributed by atoms with E-state index in [4.69, 9.17) is 28.4 Å². The van der Waals surface area contributed by atoms with Gasteiger partial charge in [0.2, 0.25) is 0 Å². The Hall–Kier alpha value is -2.40. The van der Waals surface area contributed by atoms with Crippen molar-refractivity contribution in [2.75, 3.05) is 27.7 Å². The maximum atomic E-state index is 13.9. The quantitative estimate of drug-likeness (QED) is 0.209. The molecule has 2 heterocycles. The minimum Gasteiger partial charge on any atom is -0.460 e. The predicted molar refractivity (Wildman–Crippen MR) is 190 cm³/mol. The number of ketones is 1. The number of likely N-dealkylation sites (N-methyl/N-ethyl adjacent to an activating group) is 1.